The number of anilines is 1. The number of H-pyrrole nitrogens is 1. The Morgan fingerprint density at radius 1 is 1.19 bits per heavy atom. The van der Waals surface area contributed by atoms with Crippen molar-refractivity contribution in [2.45, 2.75) is 26.4 Å². The Morgan fingerprint density at radius 2 is 1.93 bits per heavy atom. The summed E-state index contributed by atoms with van der Waals surface area (Å²) in [4.78, 5) is 12.3. The second-order valence-corrected chi connectivity index (χ2v) is 6.35. The summed E-state index contributed by atoms with van der Waals surface area (Å²) >= 11 is 0. The molecule has 0 aliphatic carbocycles. The van der Waals surface area contributed by atoms with Crippen LogP contribution >= 0.6 is 0 Å². The third kappa shape index (κ3) is 4.57. The van der Waals surface area contributed by atoms with Crippen molar-refractivity contribution in [2.75, 3.05) is 5.32 Å². The van der Waals surface area contributed by atoms with Crippen LogP contribution in [-0.4, -0.2) is 22.1 Å². The average molecular weight is 370 g/mol. The molecule has 0 unspecified atom stereocenters. The predicted molar refractivity (Wildman–Crippen MR) is 100 cm³/mol. The lowest BCUT2D eigenvalue weighted by molar-refractivity contribution is -0.117. The van der Waals surface area contributed by atoms with Crippen molar-refractivity contribution >= 4 is 11.6 Å². The molecule has 0 saturated carbocycles. The van der Waals surface area contributed by atoms with Gasteiger partial charge >= 0.3 is 0 Å². The Labute approximate surface area is 155 Å². The van der Waals surface area contributed by atoms with E-state index in [4.69, 9.17) is 0 Å². The fraction of sp³-hybridized carbons (Fsp3) is 0.200. The van der Waals surface area contributed by atoms with Crippen molar-refractivity contribution in [2.24, 2.45) is 0 Å². The number of aromatic nitrogens is 2. The first kappa shape index (κ1) is 18.7. The SMILES string of the molecule is Cc1ccc(NC(=O)[C@H](C)NCc2cn[nH]c2-c2ccc(F)cc2)c(F)c1. The molecule has 1 amide bonds. The molecule has 27 heavy (non-hydrogen) atoms. The number of aryl methyl sites for hydroxylation is 1. The van der Waals surface area contributed by atoms with Gasteiger partial charge < -0.3 is 10.6 Å². The van der Waals surface area contributed by atoms with E-state index in [9.17, 15) is 13.6 Å². The summed E-state index contributed by atoms with van der Waals surface area (Å²) < 4.78 is 27.0. The van der Waals surface area contributed by atoms with Gasteiger partial charge in [-0.2, -0.15) is 5.10 Å². The van der Waals surface area contributed by atoms with E-state index < -0.39 is 11.9 Å². The molecular weight excluding hydrogens is 350 g/mol. The first-order valence-corrected chi connectivity index (χ1v) is 8.52. The minimum Gasteiger partial charge on any atom is -0.322 e. The van der Waals surface area contributed by atoms with Gasteiger partial charge in [-0.25, -0.2) is 8.78 Å². The molecule has 1 atom stereocenters. The quantitative estimate of drug-likeness (QED) is 0.618. The van der Waals surface area contributed by atoms with E-state index in [-0.39, 0.29) is 17.4 Å². The molecule has 3 N–H and O–H groups in total. The summed E-state index contributed by atoms with van der Waals surface area (Å²) in [6, 6.07) is 10.1. The van der Waals surface area contributed by atoms with Crippen LogP contribution in [0.15, 0.2) is 48.7 Å². The first-order valence-electron chi connectivity index (χ1n) is 8.52. The molecule has 0 radical (unpaired) electrons. The van der Waals surface area contributed by atoms with E-state index >= 15 is 0 Å². The summed E-state index contributed by atoms with van der Waals surface area (Å²) in [6.07, 6.45) is 1.65. The summed E-state index contributed by atoms with van der Waals surface area (Å²) in [7, 11) is 0. The highest BCUT2D eigenvalue weighted by atomic mass is 19.1. The Morgan fingerprint density at radius 3 is 2.63 bits per heavy atom. The Kier molecular flexibility index (Phi) is 5.61. The number of carbonyl (C=O) groups is 1. The van der Waals surface area contributed by atoms with E-state index in [1.54, 1.807) is 38.2 Å². The summed E-state index contributed by atoms with van der Waals surface area (Å²) in [6.45, 7) is 3.84. The highest BCUT2D eigenvalue weighted by molar-refractivity contribution is 5.94. The lowest BCUT2D eigenvalue weighted by Crippen LogP contribution is -2.37. The molecule has 0 fully saturated rings. The molecule has 0 aliphatic heterocycles. The Hall–Kier alpha value is -3.06. The van der Waals surface area contributed by atoms with Crippen LogP contribution in [0, 0.1) is 18.6 Å². The van der Waals surface area contributed by atoms with Crippen LogP contribution in [0.5, 0.6) is 0 Å². The molecule has 3 aromatic rings. The first-order chi connectivity index (χ1) is 12.9. The topological polar surface area (TPSA) is 69.8 Å². The van der Waals surface area contributed by atoms with Gasteiger partial charge in [0.25, 0.3) is 0 Å². The highest BCUT2D eigenvalue weighted by Gasteiger charge is 2.16. The number of nitrogens with zero attached hydrogens (tertiary/aromatic N) is 1. The Bertz CT molecular complexity index is 937. The van der Waals surface area contributed by atoms with E-state index in [1.165, 1.54) is 24.3 Å². The van der Waals surface area contributed by atoms with Gasteiger partial charge in [-0.15, -0.1) is 0 Å². The van der Waals surface area contributed by atoms with E-state index in [1.807, 2.05) is 0 Å². The maximum absolute atomic E-state index is 13.9. The number of benzene rings is 2. The molecule has 0 spiro atoms. The number of nitrogens with one attached hydrogen (secondary N) is 3. The van der Waals surface area contributed by atoms with Crippen molar-refractivity contribution in [1.82, 2.24) is 15.5 Å². The smallest absolute Gasteiger partial charge is 0.241 e. The van der Waals surface area contributed by atoms with Gasteiger partial charge in [0.2, 0.25) is 5.91 Å². The molecule has 1 aromatic heterocycles. The fourth-order valence-electron chi connectivity index (χ4n) is 2.63. The molecule has 0 saturated heterocycles. The van der Waals surface area contributed by atoms with Crippen LogP contribution in [-0.2, 0) is 11.3 Å². The van der Waals surface area contributed by atoms with Crippen molar-refractivity contribution in [3.63, 3.8) is 0 Å². The lowest BCUT2D eigenvalue weighted by atomic mass is 10.1. The Balaban J connectivity index is 1.62. The number of carbonyl (C=O) groups excluding carboxylic acids is 1. The third-order valence-electron chi connectivity index (χ3n) is 4.23. The molecule has 140 valence electrons. The molecule has 3 rings (SSSR count). The summed E-state index contributed by atoms with van der Waals surface area (Å²) in [5.74, 6) is -1.12. The predicted octanol–water partition coefficient (Wildman–Crippen LogP) is 3.78. The van der Waals surface area contributed by atoms with Crippen LogP contribution in [0.25, 0.3) is 11.3 Å². The van der Waals surface area contributed by atoms with E-state index in [0.717, 1.165) is 22.4 Å². The largest absolute Gasteiger partial charge is 0.322 e. The third-order valence-corrected chi connectivity index (χ3v) is 4.23. The minimum absolute atomic E-state index is 0.148. The van der Waals surface area contributed by atoms with Gasteiger partial charge in [0.15, 0.2) is 0 Å². The molecule has 0 bridgehead atoms. The van der Waals surface area contributed by atoms with Gasteiger partial charge in [0, 0.05) is 17.7 Å². The van der Waals surface area contributed by atoms with Crippen molar-refractivity contribution < 1.29 is 13.6 Å². The number of hydrogen-bond donors (Lipinski definition) is 3. The van der Waals surface area contributed by atoms with Gasteiger partial charge in [-0.3, -0.25) is 9.89 Å². The second kappa shape index (κ2) is 8.09. The maximum Gasteiger partial charge on any atom is 0.241 e. The van der Waals surface area contributed by atoms with Crippen molar-refractivity contribution in [1.29, 1.82) is 0 Å². The second-order valence-electron chi connectivity index (χ2n) is 6.35. The molecule has 1 heterocycles. The van der Waals surface area contributed by atoms with Crippen LogP contribution in [0.1, 0.15) is 18.1 Å². The maximum atomic E-state index is 13.9. The van der Waals surface area contributed by atoms with Gasteiger partial charge in [-0.1, -0.05) is 6.07 Å². The zero-order valence-electron chi connectivity index (χ0n) is 15.0. The number of amides is 1. The number of halogens is 2. The summed E-state index contributed by atoms with van der Waals surface area (Å²) in [5, 5.41) is 12.6. The number of hydrogen-bond acceptors (Lipinski definition) is 3. The zero-order valence-corrected chi connectivity index (χ0v) is 15.0. The fourth-order valence-corrected chi connectivity index (χ4v) is 2.63. The molecular formula is C20H20F2N4O. The van der Waals surface area contributed by atoms with Crippen LogP contribution in [0.4, 0.5) is 14.5 Å². The van der Waals surface area contributed by atoms with E-state index in [0.29, 0.717) is 6.54 Å². The van der Waals surface area contributed by atoms with Crippen LogP contribution in [0.2, 0.25) is 0 Å². The monoisotopic (exact) mass is 370 g/mol. The van der Waals surface area contributed by atoms with Crippen LogP contribution < -0.4 is 10.6 Å². The molecule has 7 heteroatoms. The van der Waals surface area contributed by atoms with Gasteiger partial charge in [0.05, 0.1) is 23.6 Å². The van der Waals surface area contributed by atoms with Gasteiger partial charge in [0.1, 0.15) is 11.6 Å². The van der Waals surface area contributed by atoms with Crippen LogP contribution in [0.3, 0.4) is 0 Å². The number of aromatic amines is 1. The standard InChI is InChI=1S/C20H20F2N4O/c1-12-3-8-18(17(22)9-12)25-20(27)13(2)23-10-15-11-24-26-19(15)14-4-6-16(21)7-5-14/h3-9,11,13,23H,10H2,1-2H3,(H,24,26)(H,25,27)/t13-/m0/s1. The van der Waals surface area contributed by atoms with E-state index in [2.05, 4.69) is 20.8 Å². The molecule has 5 nitrogen and oxygen atoms in total. The summed E-state index contributed by atoms with van der Waals surface area (Å²) in [5.41, 5.74) is 3.31. The lowest BCUT2D eigenvalue weighted by Gasteiger charge is -2.15. The average Bonchev–Trinajstić information content (AvgIpc) is 3.11. The normalized spacial score (nSPS) is 12.0. The molecule has 2 aromatic carbocycles. The highest BCUT2D eigenvalue weighted by Crippen LogP contribution is 2.21. The number of rotatable bonds is 6. The molecule has 0 aliphatic rings. The minimum atomic E-state index is -0.554. The van der Waals surface area contributed by atoms with Crippen molar-refractivity contribution in [3.8, 4) is 11.3 Å². The van der Waals surface area contributed by atoms with Gasteiger partial charge in [-0.05, 0) is 55.8 Å². The van der Waals surface area contributed by atoms with Crippen molar-refractivity contribution in [3.05, 3.63) is 71.4 Å². The zero-order chi connectivity index (χ0) is 19.4.